The monoisotopic (exact) mass is 229 g/mol. The predicted molar refractivity (Wildman–Crippen MR) is 57.0 cm³/mol. The highest BCUT2D eigenvalue weighted by molar-refractivity contribution is 5.97. The van der Waals surface area contributed by atoms with Crippen LogP contribution in [-0.2, 0) is 0 Å². The molecule has 17 heavy (non-hydrogen) atoms. The van der Waals surface area contributed by atoms with Crippen molar-refractivity contribution in [3.05, 3.63) is 36.5 Å². The fraction of sp³-hybridized carbons (Fsp3) is 0. The van der Waals surface area contributed by atoms with E-state index < -0.39 is 5.91 Å². The van der Waals surface area contributed by atoms with Crippen LogP contribution in [0.4, 0.5) is 0 Å². The molecule has 84 valence electrons. The van der Waals surface area contributed by atoms with Gasteiger partial charge >= 0.3 is 0 Å². The summed E-state index contributed by atoms with van der Waals surface area (Å²) < 4.78 is 6.35. The van der Waals surface area contributed by atoms with Crippen molar-refractivity contribution < 1.29 is 9.32 Å². The summed E-state index contributed by atoms with van der Waals surface area (Å²) in [6.07, 6.45) is 2.93. The lowest BCUT2D eigenvalue weighted by Crippen LogP contribution is -2.13. The van der Waals surface area contributed by atoms with Gasteiger partial charge in [0.2, 0.25) is 12.2 Å². The van der Waals surface area contributed by atoms with Crippen molar-refractivity contribution in [2.75, 3.05) is 0 Å². The van der Waals surface area contributed by atoms with Crippen LogP contribution in [0.5, 0.6) is 0 Å². The number of hydrogen-bond donors (Lipinski definition) is 1. The quantitative estimate of drug-likeness (QED) is 0.689. The first-order valence-electron chi connectivity index (χ1n) is 4.81. The van der Waals surface area contributed by atoms with E-state index in [9.17, 15) is 4.79 Å². The minimum Gasteiger partial charge on any atom is -0.364 e. The van der Waals surface area contributed by atoms with Crippen molar-refractivity contribution in [1.29, 1.82) is 0 Å². The Hall–Kier alpha value is -2.70. The number of imidazole rings is 1. The minimum absolute atomic E-state index is 0.123. The topological polar surface area (TPSA) is 99.3 Å². The number of nitrogens with two attached hydrogens (primary N) is 1. The van der Waals surface area contributed by atoms with Crippen LogP contribution >= 0.6 is 0 Å². The Labute approximate surface area is 94.9 Å². The summed E-state index contributed by atoms with van der Waals surface area (Å²) >= 11 is 0. The van der Waals surface area contributed by atoms with Crippen molar-refractivity contribution in [2.24, 2.45) is 5.73 Å². The number of primary amides is 1. The molecular formula is C10H7N5O2. The lowest BCUT2D eigenvalue weighted by Gasteiger charge is -1.96. The first kappa shape index (κ1) is 9.52. The molecule has 0 bridgehead atoms. The summed E-state index contributed by atoms with van der Waals surface area (Å²) in [5.41, 5.74) is 6.44. The molecule has 3 aromatic heterocycles. The van der Waals surface area contributed by atoms with Gasteiger partial charge in [-0.1, -0.05) is 11.2 Å². The second kappa shape index (κ2) is 3.41. The molecule has 3 heterocycles. The maximum Gasteiger partial charge on any atom is 0.269 e. The molecule has 0 aliphatic heterocycles. The predicted octanol–water partition coefficient (Wildman–Crippen LogP) is 0.483. The Morgan fingerprint density at radius 1 is 1.41 bits per heavy atom. The smallest absolute Gasteiger partial charge is 0.269 e. The standard InChI is InChI=1S/C10H7N5O2/c11-9(16)7-8(10-12-5-17-14-10)15-4-2-1-3-6(15)13-7/h1-5H,(H2,11,16). The average Bonchev–Trinajstić information content (AvgIpc) is 2.94. The minimum atomic E-state index is -0.631. The molecule has 0 aromatic carbocycles. The lowest BCUT2D eigenvalue weighted by molar-refractivity contribution is 0.0997. The van der Waals surface area contributed by atoms with Gasteiger partial charge in [-0.2, -0.15) is 4.98 Å². The molecule has 0 spiro atoms. The Kier molecular flexibility index (Phi) is 1.91. The van der Waals surface area contributed by atoms with E-state index in [1.807, 2.05) is 12.1 Å². The van der Waals surface area contributed by atoms with E-state index in [4.69, 9.17) is 5.73 Å². The van der Waals surface area contributed by atoms with Crippen molar-refractivity contribution in [3.63, 3.8) is 0 Å². The summed E-state index contributed by atoms with van der Waals surface area (Å²) in [6.45, 7) is 0. The SMILES string of the molecule is NC(=O)c1nc2ccccn2c1-c1ncon1. The molecule has 0 atom stereocenters. The number of amides is 1. The van der Waals surface area contributed by atoms with Gasteiger partial charge in [-0.05, 0) is 12.1 Å². The first-order valence-corrected chi connectivity index (χ1v) is 4.81. The third-order valence-corrected chi connectivity index (χ3v) is 2.34. The molecule has 0 saturated carbocycles. The van der Waals surface area contributed by atoms with Gasteiger partial charge in [-0.3, -0.25) is 9.20 Å². The van der Waals surface area contributed by atoms with Crippen molar-refractivity contribution in [2.45, 2.75) is 0 Å². The number of carbonyl (C=O) groups excluding carboxylic acids is 1. The largest absolute Gasteiger partial charge is 0.364 e. The number of pyridine rings is 1. The summed E-state index contributed by atoms with van der Waals surface area (Å²) in [7, 11) is 0. The molecule has 0 aliphatic carbocycles. The number of rotatable bonds is 2. The molecule has 0 radical (unpaired) electrons. The number of hydrogen-bond acceptors (Lipinski definition) is 5. The second-order valence-corrected chi connectivity index (χ2v) is 3.36. The molecule has 3 aromatic rings. The third kappa shape index (κ3) is 1.36. The molecule has 0 unspecified atom stereocenters. The number of fused-ring (bicyclic) bond motifs is 1. The van der Waals surface area contributed by atoms with E-state index in [-0.39, 0.29) is 11.5 Å². The fourth-order valence-corrected chi connectivity index (χ4v) is 1.66. The van der Waals surface area contributed by atoms with Crippen LogP contribution in [0.25, 0.3) is 17.2 Å². The highest BCUT2D eigenvalue weighted by atomic mass is 16.5. The van der Waals surface area contributed by atoms with E-state index in [1.54, 1.807) is 16.7 Å². The van der Waals surface area contributed by atoms with E-state index in [2.05, 4.69) is 19.6 Å². The molecule has 7 heteroatoms. The maximum absolute atomic E-state index is 11.3. The van der Waals surface area contributed by atoms with Crippen molar-refractivity contribution in [3.8, 4) is 11.5 Å². The van der Waals surface area contributed by atoms with Gasteiger partial charge in [0.15, 0.2) is 5.69 Å². The van der Waals surface area contributed by atoms with Gasteiger partial charge in [0, 0.05) is 6.20 Å². The Bertz CT molecular complexity index is 686. The molecule has 0 aliphatic rings. The number of nitrogens with zero attached hydrogens (tertiary/aromatic N) is 4. The van der Waals surface area contributed by atoms with Crippen LogP contribution in [0.1, 0.15) is 10.5 Å². The van der Waals surface area contributed by atoms with Crippen LogP contribution in [0.3, 0.4) is 0 Å². The fourth-order valence-electron chi connectivity index (χ4n) is 1.66. The van der Waals surface area contributed by atoms with Crippen molar-refractivity contribution in [1.82, 2.24) is 19.5 Å². The normalized spacial score (nSPS) is 10.8. The molecule has 0 fully saturated rings. The molecular weight excluding hydrogens is 222 g/mol. The van der Waals surface area contributed by atoms with Gasteiger partial charge in [0.1, 0.15) is 11.3 Å². The molecule has 7 nitrogen and oxygen atoms in total. The Balaban J connectivity index is 2.40. The van der Waals surface area contributed by atoms with Crippen LogP contribution in [0.2, 0.25) is 0 Å². The molecule has 2 N–H and O–H groups in total. The summed E-state index contributed by atoms with van der Waals surface area (Å²) in [5, 5.41) is 3.70. The molecule has 0 saturated heterocycles. The summed E-state index contributed by atoms with van der Waals surface area (Å²) in [5.74, 6) is -0.356. The van der Waals surface area contributed by atoms with Gasteiger partial charge in [-0.25, -0.2) is 4.98 Å². The van der Waals surface area contributed by atoms with Crippen molar-refractivity contribution >= 4 is 11.6 Å². The zero-order chi connectivity index (χ0) is 11.8. The Morgan fingerprint density at radius 3 is 3.00 bits per heavy atom. The van der Waals surface area contributed by atoms with Gasteiger partial charge in [0.25, 0.3) is 5.91 Å². The zero-order valence-electron chi connectivity index (χ0n) is 8.57. The van der Waals surface area contributed by atoms with E-state index >= 15 is 0 Å². The summed E-state index contributed by atoms with van der Waals surface area (Å²) in [6, 6.07) is 5.38. The first-order chi connectivity index (χ1) is 8.27. The highest BCUT2D eigenvalue weighted by Gasteiger charge is 2.20. The van der Waals surface area contributed by atoms with Crippen LogP contribution in [-0.4, -0.2) is 25.4 Å². The van der Waals surface area contributed by atoms with Gasteiger partial charge < -0.3 is 10.3 Å². The van der Waals surface area contributed by atoms with E-state index in [0.717, 1.165) is 0 Å². The van der Waals surface area contributed by atoms with Crippen LogP contribution < -0.4 is 5.73 Å². The average molecular weight is 229 g/mol. The van der Waals surface area contributed by atoms with Crippen LogP contribution in [0.15, 0.2) is 35.3 Å². The van der Waals surface area contributed by atoms with E-state index in [0.29, 0.717) is 11.3 Å². The van der Waals surface area contributed by atoms with E-state index in [1.165, 1.54) is 6.39 Å². The zero-order valence-corrected chi connectivity index (χ0v) is 8.57. The third-order valence-electron chi connectivity index (χ3n) is 2.34. The van der Waals surface area contributed by atoms with Crippen LogP contribution in [0, 0.1) is 0 Å². The van der Waals surface area contributed by atoms with Gasteiger partial charge in [-0.15, -0.1) is 0 Å². The highest BCUT2D eigenvalue weighted by Crippen LogP contribution is 2.21. The molecule has 1 amide bonds. The maximum atomic E-state index is 11.3. The number of aromatic nitrogens is 4. The summed E-state index contributed by atoms with van der Waals surface area (Å²) in [4.78, 5) is 19.4. The molecule has 3 rings (SSSR count). The Morgan fingerprint density at radius 2 is 2.29 bits per heavy atom. The second-order valence-electron chi connectivity index (χ2n) is 3.36. The number of carbonyl (C=O) groups is 1. The lowest BCUT2D eigenvalue weighted by atomic mass is 10.3. The van der Waals surface area contributed by atoms with Gasteiger partial charge in [0.05, 0.1) is 0 Å².